The summed E-state index contributed by atoms with van der Waals surface area (Å²) in [6.07, 6.45) is -0.00917. The third-order valence-electron chi connectivity index (χ3n) is 3.74. The van der Waals surface area contributed by atoms with Crippen LogP contribution in [0.2, 0.25) is 0 Å². The van der Waals surface area contributed by atoms with Crippen molar-refractivity contribution in [3.8, 4) is 5.75 Å². The van der Waals surface area contributed by atoms with E-state index in [4.69, 9.17) is 9.84 Å². The minimum absolute atomic E-state index is 0.0198. The van der Waals surface area contributed by atoms with Crippen molar-refractivity contribution in [1.29, 1.82) is 0 Å². The fourth-order valence-corrected chi connectivity index (χ4v) is 2.34. The van der Waals surface area contributed by atoms with E-state index >= 15 is 0 Å². The second-order valence-corrected chi connectivity index (χ2v) is 5.74. The highest BCUT2D eigenvalue weighted by molar-refractivity contribution is 5.23. The zero-order valence-electron chi connectivity index (χ0n) is 13.6. The summed E-state index contributed by atoms with van der Waals surface area (Å²) in [6, 6.07) is 16.8. The molecule has 4 N–H and O–H groups in total. The quantitative estimate of drug-likeness (QED) is 0.524. The van der Waals surface area contributed by atoms with E-state index in [0.29, 0.717) is 13.0 Å². The predicted octanol–water partition coefficient (Wildman–Crippen LogP) is 1.11. The van der Waals surface area contributed by atoms with Gasteiger partial charge in [-0.1, -0.05) is 42.5 Å². The third-order valence-corrected chi connectivity index (χ3v) is 3.74. The van der Waals surface area contributed by atoms with E-state index in [1.807, 2.05) is 54.6 Å². The number of aliphatic hydroxyl groups is 3. The molecule has 0 aliphatic carbocycles. The molecule has 24 heavy (non-hydrogen) atoms. The summed E-state index contributed by atoms with van der Waals surface area (Å²) >= 11 is 0. The van der Waals surface area contributed by atoms with Gasteiger partial charge in [-0.05, 0) is 29.7 Å². The molecule has 0 amide bonds. The smallest absolute Gasteiger partial charge is 0.119 e. The van der Waals surface area contributed by atoms with E-state index in [1.54, 1.807) is 0 Å². The van der Waals surface area contributed by atoms with Gasteiger partial charge in [-0.2, -0.15) is 0 Å². The molecule has 130 valence electrons. The van der Waals surface area contributed by atoms with E-state index in [0.717, 1.165) is 16.9 Å². The van der Waals surface area contributed by atoms with Gasteiger partial charge in [0.2, 0.25) is 0 Å². The monoisotopic (exact) mass is 331 g/mol. The standard InChI is InChI=1S/C19H25NO4/c21-12-16-8-6-15(7-9-16)10-17(13-22)20-11-18(23)14-24-19-4-2-1-3-5-19/h1-9,17-18,20-23H,10-14H2/t17-,18-/m0/s1. The van der Waals surface area contributed by atoms with Crippen molar-refractivity contribution >= 4 is 0 Å². The maximum Gasteiger partial charge on any atom is 0.119 e. The van der Waals surface area contributed by atoms with E-state index in [-0.39, 0.29) is 25.9 Å². The molecule has 0 aromatic heterocycles. The molecule has 0 saturated carbocycles. The molecule has 0 bridgehead atoms. The number of para-hydroxylation sites is 1. The van der Waals surface area contributed by atoms with Gasteiger partial charge in [0.05, 0.1) is 13.2 Å². The molecule has 2 atom stereocenters. The van der Waals surface area contributed by atoms with Crippen molar-refractivity contribution in [1.82, 2.24) is 5.32 Å². The van der Waals surface area contributed by atoms with Gasteiger partial charge in [0, 0.05) is 12.6 Å². The predicted molar refractivity (Wildman–Crippen MR) is 92.9 cm³/mol. The van der Waals surface area contributed by atoms with Crippen LogP contribution in [-0.4, -0.2) is 47.2 Å². The Labute approximate surface area is 142 Å². The Morgan fingerprint density at radius 2 is 1.58 bits per heavy atom. The molecule has 0 unspecified atom stereocenters. The highest BCUT2D eigenvalue weighted by Crippen LogP contribution is 2.09. The number of ether oxygens (including phenoxy) is 1. The summed E-state index contributed by atoms with van der Waals surface area (Å²) in [7, 11) is 0. The van der Waals surface area contributed by atoms with E-state index in [1.165, 1.54) is 0 Å². The van der Waals surface area contributed by atoms with Crippen LogP contribution in [0.15, 0.2) is 54.6 Å². The first kappa shape index (κ1) is 18.4. The van der Waals surface area contributed by atoms with Crippen molar-refractivity contribution in [3.63, 3.8) is 0 Å². The molecular weight excluding hydrogens is 306 g/mol. The molecule has 2 aromatic rings. The molecule has 0 spiro atoms. The first-order valence-corrected chi connectivity index (χ1v) is 8.10. The van der Waals surface area contributed by atoms with Crippen molar-refractivity contribution in [3.05, 3.63) is 65.7 Å². The van der Waals surface area contributed by atoms with Crippen molar-refractivity contribution < 1.29 is 20.1 Å². The largest absolute Gasteiger partial charge is 0.491 e. The van der Waals surface area contributed by atoms with Gasteiger partial charge >= 0.3 is 0 Å². The molecule has 2 rings (SSSR count). The average molecular weight is 331 g/mol. The fraction of sp³-hybridized carbons (Fsp3) is 0.368. The van der Waals surface area contributed by atoms with Gasteiger partial charge in [-0.25, -0.2) is 0 Å². The van der Waals surface area contributed by atoms with Crippen molar-refractivity contribution in [2.45, 2.75) is 25.2 Å². The number of aliphatic hydroxyl groups excluding tert-OH is 3. The van der Waals surface area contributed by atoms with E-state index < -0.39 is 6.10 Å². The molecule has 5 nitrogen and oxygen atoms in total. The molecule has 0 aliphatic rings. The van der Waals surface area contributed by atoms with Crippen molar-refractivity contribution in [2.24, 2.45) is 0 Å². The number of benzene rings is 2. The normalized spacial score (nSPS) is 13.5. The first-order chi connectivity index (χ1) is 11.7. The number of rotatable bonds is 10. The van der Waals surface area contributed by atoms with Gasteiger partial charge < -0.3 is 25.4 Å². The number of hydrogen-bond donors (Lipinski definition) is 4. The molecule has 2 aromatic carbocycles. The van der Waals surface area contributed by atoms with Gasteiger partial charge in [0.15, 0.2) is 0 Å². The molecule has 0 aliphatic heterocycles. The minimum Gasteiger partial charge on any atom is -0.491 e. The van der Waals surface area contributed by atoms with Crippen LogP contribution in [0, 0.1) is 0 Å². The maximum absolute atomic E-state index is 9.99. The summed E-state index contributed by atoms with van der Waals surface area (Å²) in [5.74, 6) is 0.722. The van der Waals surface area contributed by atoms with Gasteiger partial charge in [-0.15, -0.1) is 0 Å². The lowest BCUT2D eigenvalue weighted by molar-refractivity contribution is 0.0997. The third kappa shape index (κ3) is 6.29. The van der Waals surface area contributed by atoms with E-state index in [2.05, 4.69) is 5.32 Å². The highest BCUT2D eigenvalue weighted by Gasteiger charge is 2.12. The second-order valence-electron chi connectivity index (χ2n) is 5.74. The summed E-state index contributed by atoms with van der Waals surface area (Å²) < 4.78 is 5.50. The Balaban J connectivity index is 1.73. The number of hydrogen-bond acceptors (Lipinski definition) is 5. The lowest BCUT2D eigenvalue weighted by Gasteiger charge is -2.19. The summed E-state index contributed by atoms with van der Waals surface area (Å²) in [4.78, 5) is 0. The molecule has 5 heteroatoms. The van der Waals surface area contributed by atoms with Crippen LogP contribution < -0.4 is 10.1 Å². The lowest BCUT2D eigenvalue weighted by atomic mass is 10.0. The van der Waals surface area contributed by atoms with E-state index in [9.17, 15) is 10.2 Å². The Hall–Kier alpha value is -1.92. The SMILES string of the molecule is OCc1ccc(C[C@@H](CO)NC[C@H](O)COc2ccccc2)cc1. The van der Waals surface area contributed by atoms with Gasteiger partial charge in [0.25, 0.3) is 0 Å². The van der Waals surface area contributed by atoms with Crippen LogP contribution in [0.4, 0.5) is 0 Å². The minimum atomic E-state index is -0.656. The molecule has 0 fully saturated rings. The first-order valence-electron chi connectivity index (χ1n) is 8.10. The Morgan fingerprint density at radius 1 is 0.917 bits per heavy atom. The van der Waals surface area contributed by atoms with Crippen LogP contribution in [-0.2, 0) is 13.0 Å². The fourth-order valence-electron chi connectivity index (χ4n) is 2.34. The van der Waals surface area contributed by atoms with Crippen LogP contribution in [0.5, 0.6) is 5.75 Å². The van der Waals surface area contributed by atoms with Crippen LogP contribution in [0.3, 0.4) is 0 Å². The topological polar surface area (TPSA) is 82.0 Å². The lowest BCUT2D eigenvalue weighted by Crippen LogP contribution is -2.41. The zero-order valence-corrected chi connectivity index (χ0v) is 13.6. The maximum atomic E-state index is 9.99. The Morgan fingerprint density at radius 3 is 2.21 bits per heavy atom. The average Bonchev–Trinajstić information content (AvgIpc) is 2.64. The Bertz CT molecular complexity index is 574. The molecule has 0 saturated heterocycles. The van der Waals surface area contributed by atoms with Gasteiger partial charge in [0.1, 0.15) is 18.5 Å². The second kappa shape index (κ2) is 10.1. The van der Waals surface area contributed by atoms with Crippen LogP contribution in [0.1, 0.15) is 11.1 Å². The van der Waals surface area contributed by atoms with Crippen LogP contribution in [0.25, 0.3) is 0 Å². The summed E-state index contributed by atoms with van der Waals surface area (Å²) in [6.45, 7) is 0.538. The summed E-state index contributed by atoms with van der Waals surface area (Å²) in [5, 5.41) is 31.7. The summed E-state index contributed by atoms with van der Waals surface area (Å²) in [5.41, 5.74) is 1.93. The van der Waals surface area contributed by atoms with Gasteiger partial charge in [-0.3, -0.25) is 0 Å². The number of nitrogens with one attached hydrogen (secondary N) is 1. The molecule has 0 heterocycles. The van der Waals surface area contributed by atoms with Crippen molar-refractivity contribution in [2.75, 3.05) is 19.8 Å². The van der Waals surface area contributed by atoms with Crippen LogP contribution >= 0.6 is 0 Å². The highest BCUT2D eigenvalue weighted by atomic mass is 16.5. The Kier molecular flexibility index (Phi) is 7.71. The molecular formula is C19H25NO4. The zero-order chi connectivity index (χ0) is 17.2. The molecule has 0 radical (unpaired) electrons.